The molecule has 0 bridgehead atoms. The number of nitrogens with one attached hydrogen (secondary N) is 1. The molecule has 0 aliphatic heterocycles. The summed E-state index contributed by atoms with van der Waals surface area (Å²) in [6, 6.07) is 1.31. The van der Waals surface area contributed by atoms with Gasteiger partial charge in [-0.15, -0.1) is 0 Å². The van der Waals surface area contributed by atoms with Gasteiger partial charge in [0.1, 0.15) is 12.1 Å². The van der Waals surface area contributed by atoms with Gasteiger partial charge >= 0.3 is 0 Å². The van der Waals surface area contributed by atoms with Crippen molar-refractivity contribution in [1.82, 2.24) is 9.97 Å². The molecule has 0 unspecified atom stereocenters. The number of hydrogen-bond acceptors (Lipinski definition) is 3. The second-order valence-electron chi connectivity index (χ2n) is 5.97. The van der Waals surface area contributed by atoms with Gasteiger partial charge in [0, 0.05) is 11.6 Å². The van der Waals surface area contributed by atoms with Crippen LogP contribution in [0.25, 0.3) is 0 Å². The van der Waals surface area contributed by atoms with Crippen molar-refractivity contribution < 1.29 is 4.39 Å². The van der Waals surface area contributed by atoms with E-state index in [4.69, 9.17) is 0 Å². The fourth-order valence-corrected chi connectivity index (χ4v) is 2.12. The molecule has 0 aromatic carbocycles. The van der Waals surface area contributed by atoms with E-state index in [-0.39, 0.29) is 11.0 Å². The third-order valence-corrected chi connectivity index (χ3v) is 2.07. The molecule has 4 heteroatoms. The van der Waals surface area contributed by atoms with E-state index in [1.807, 2.05) is 0 Å². The van der Waals surface area contributed by atoms with Crippen LogP contribution in [0.5, 0.6) is 0 Å². The van der Waals surface area contributed by atoms with Gasteiger partial charge in [-0.25, -0.2) is 9.97 Å². The molecule has 0 amide bonds. The molecule has 1 aromatic heterocycles. The van der Waals surface area contributed by atoms with Crippen molar-refractivity contribution in [1.29, 1.82) is 0 Å². The van der Waals surface area contributed by atoms with E-state index in [1.54, 1.807) is 0 Å². The van der Waals surface area contributed by atoms with Crippen LogP contribution >= 0.6 is 0 Å². The summed E-state index contributed by atoms with van der Waals surface area (Å²) < 4.78 is 12.9. The van der Waals surface area contributed by atoms with Gasteiger partial charge in [0.2, 0.25) is 5.95 Å². The van der Waals surface area contributed by atoms with Crippen molar-refractivity contribution in [3.8, 4) is 0 Å². The van der Waals surface area contributed by atoms with Crippen LogP contribution in [0.1, 0.15) is 41.0 Å². The van der Waals surface area contributed by atoms with E-state index in [0.29, 0.717) is 5.82 Å². The number of anilines is 1. The molecule has 0 atom stereocenters. The standard InChI is InChI=1S/C12H20FN3/c1-11(2,3)7-12(4,5)16-10-6-9(13)14-8-15-10/h6,8H,7H2,1-5H3,(H,14,15,16). The molecule has 3 nitrogen and oxygen atoms in total. The molecule has 16 heavy (non-hydrogen) atoms. The van der Waals surface area contributed by atoms with Gasteiger partial charge in [-0.1, -0.05) is 20.8 Å². The molecule has 0 aliphatic carbocycles. The van der Waals surface area contributed by atoms with Gasteiger partial charge in [-0.3, -0.25) is 0 Å². The van der Waals surface area contributed by atoms with Gasteiger partial charge < -0.3 is 5.32 Å². The lowest BCUT2D eigenvalue weighted by atomic mass is 9.82. The maximum absolute atomic E-state index is 12.9. The van der Waals surface area contributed by atoms with E-state index in [9.17, 15) is 4.39 Å². The Hall–Kier alpha value is -1.19. The Labute approximate surface area is 96.5 Å². The molecule has 0 fully saturated rings. The maximum atomic E-state index is 12.9. The highest BCUT2D eigenvalue weighted by molar-refractivity contribution is 5.35. The van der Waals surface area contributed by atoms with Crippen molar-refractivity contribution in [2.24, 2.45) is 5.41 Å². The summed E-state index contributed by atoms with van der Waals surface area (Å²) in [5.41, 5.74) is 0.0844. The molecule has 1 N–H and O–H groups in total. The van der Waals surface area contributed by atoms with Gasteiger partial charge in [0.25, 0.3) is 0 Å². The summed E-state index contributed by atoms with van der Waals surface area (Å²) >= 11 is 0. The molecule has 1 rings (SSSR count). The highest BCUT2D eigenvalue weighted by Gasteiger charge is 2.25. The van der Waals surface area contributed by atoms with Gasteiger partial charge in [-0.2, -0.15) is 4.39 Å². The molecule has 0 aliphatic rings. The summed E-state index contributed by atoms with van der Waals surface area (Å²) in [5.74, 6) is 0.0193. The van der Waals surface area contributed by atoms with Crippen LogP contribution in [-0.2, 0) is 0 Å². The van der Waals surface area contributed by atoms with E-state index < -0.39 is 5.95 Å². The largest absolute Gasteiger partial charge is 0.365 e. The Morgan fingerprint density at radius 2 is 1.81 bits per heavy atom. The Morgan fingerprint density at radius 1 is 1.19 bits per heavy atom. The number of hydrogen-bond donors (Lipinski definition) is 1. The predicted octanol–water partition coefficient (Wildman–Crippen LogP) is 3.24. The SMILES string of the molecule is CC(C)(C)CC(C)(C)Nc1cc(F)ncn1. The van der Waals surface area contributed by atoms with E-state index in [1.165, 1.54) is 12.4 Å². The summed E-state index contributed by atoms with van der Waals surface area (Å²) in [7, 11) is 0. The van der Waals surface area contributed by atoms with E-state index >= 15 is 0 Å². The zero-order valence-electron chi connectivity index (χ0n) is 10.6. The first-order valence-corrected chi connectivity index (χ1v) is 5.44. The molecular weight excluding hydrogens is 205 g/mol. The zero-order valence-corrected chi connectivity index (χ0v) is 10.6. The fraction of sp³-hybridized carbons (Fsp3) is 0.667. The number of halogens is 1. The lowest BCUT2D eigenvalue weighted by Gasteiger charge is -2.33. The van der Waals surface area contributed by atoms with Crippen LogP contribution in [0.3, 0.4) is 0 Å². The van der Waals surface area contributed by atoms with Gasteiger partial charge in [-0.05, 0) is 25.7 Å². The van der Waals surface area contributed by atoms with Crippen molar-refractivity contribution in [2.45, 2.75) is 46.6 Å². The number of rotatable bonds is 3. The molecule has 0 saturated heterocycles. The Bertz CT molecular complexity index is 356. The first-order chi connectivity index (χ1) is 7.18. The van der Waals surface area contributed by atoms with Gasteiger partial charge in [0.05, 0.1) is 0 Å². The minimum absolute atomic E-state index is 0.126. The first-order valence-electron chi connectivity index (χ1n) is 5.44. The molecular formula is C12H20FN3. The lowest BCUT2D eigenvalue weighted by Crippen LogP contribution is -2.35. The summed E-state index contributed by atoms with van der Waals surface area (Å²) in [6.45, 7) is 10.7. The molecule has 0 radical (unpaired) electrons. The third-order valence-electron chi connectivity index (χ3n) is 2.07. The van der Waals surface area contributed by atoms with Crippen molar-refractivity contribution in [3.63, 3.8) is 0 Å². The first kappa shape index (κ1) is 12.9. The Morgan fingerprint density at radius 3 is 2.31 bits per heavy atom. The summed E-state index contributed by atoms with van der Waals surface area (Å²) in [4.78, 5) is 7.42. The van der Waals surface area contributed by atoms with E-state index in [2.05, 4.69) is 49.9 Å². The maximum Gasteiger partial charge on any atom is 0.217 e. The second kappa shape index (κ2) is 4.36. The van der Waals surface area contributed by atoms with Crippen molar-refractivity contribution >= 4 is 5.82 Å². The van der Waals surface area contributed by atoms with Crippen LogP contribution in [0.2, 0.25) is 0 Å². The van der Waals surface area contributed by atoms with Crippen LogP contribution in [0, 0.1) is 11.4 Å². The monoisotopic (exact) mass is 225 g/mol. The van der Waals surface area contributed by atoms with Crippen molar-refractivity contribution in [2.75, 3.05) is 5.32 Å². The summed E-state index contributed by atoms with van der Waals surface area (Å²) in [6.07, 6.45) is 2.19. The van der Waals surface area contributed by atoms with E-state index in [0.717, 1.165) is 6.42 Å². The highest BCUT2D eigenvalue weighted by atomic mass is 19.1. The third kappa shape index (κ3) is 4.55. The normalized spacial score (nSPS) is 12.6. The van der Waals surface area contributed by atoms with Crippen LogP contribution in [0.15, 0.2) is 12.4 Å². The average Bonchev–Trinajstić information content (AvgIpc) is 1.96. The molecule has 1 heterocycles. The van der Waals surface area contributed by atoms with Crippen molar-refractivity contribution in [3.05, 3.63) is 18.3 Å². The fourth-order valence-electron chi connectivity index (χ4n) is 2.12. The zero-order chi connectivity index (χ0) is 12.4. The molecule has 1 aromatic rings. The average molecular weight is 225 g/mol. The predicted molar refractivity (Wildman–Crippen MR) is 63.8 cm³/mol. The highest BCUT2D eigenvalue weighted by Crippen LogP contribution is 2.29. The molecule has 0 saturated carbocycles. The minimum Gasteiger partial charge on any atom is -0.365 e. The van der Waals surface area contributed by atoms with Crippen LogP contribution in [0.4, 0.5) is 10.2 Å². The quantitative estimate of drug-likeness (QED) is 0.802. The molecule has 0 spiro atoms. The summed E-state index contributed by atoms with van der Waals surface area (Å²) in [5, 5.41) is 3.22. The van der Waals surface area contributed by atoms with Gasteiger partial charge in [0.15, 0.2) is 0 Å². The topological polar surface area (TPSA) is 37.8 Å². The lowest BCUT2D eigenvalue weighted by molar-refractivity contribution is 0.302. The van der Waals surface area contributed by atoms with Crippen LogP contribution < -0.4 is 5.32 Å². The number of nitrogens with zero attached hydrogens (tertiary/aromatic N) is 2. The molecule has 90 valence electrons. The number of aromatic nitrogens is 2. The minimum atomic E-state index is -0.510. The Balaban J connectivity index is 2.72. The Kier molecular flexibility index (Phi) is 3.51. The second-order valence-corrected chi connectivity index (χ2v) is 5.97. The smallest absolute Gasteiger partial charge is 0.217 e. The van der Waals surface area contributed by atoms with Crippen LogP contribution in [-0.4, -0.2) is 15.5 Å².